The molecular weight excluding hydrogens is 576 g/mol. The topological polar surface area (TPSA) is 135 Å². The highest BCUT2D eigenvalue weighted by molar-refractivity contribution is 5.86. The first-order valence-corrected chi connectivity index (χ1v) is 14.0. The number of anilines is 1. The van der Waals surface area contributed by atoms with E-state index in [0.29, 0.717) is 47.6 Å². The third-order valence-corrected chi connectivity index (χ3v) is 7.79. The molecular formula is C30H33F2N7O5. The SMILES string of the molecule is Cc1ccc(OC(F)F)c(Cn2c3cc(-c4cnc(N5CCN(C(=O)C(C)NC(=O)O)[C@@H](C)C5)nc4)ccc3c(=O)n2C)c1. The summed E-state index contributed by atoms with van der Waals surface area (Å²) in [7, 11) is 1.63. The summed E-state index contributed by atoms with van der Waals surface area (Å²) < 4.78 is 34.0. The molecule has 2 amide bonds. The number of hydrogen-bond donors (Lipinski definition) is 2. The molecule has 0 bridgehead atoms. The zero-order valence-corrected chi connectivity index (χ0v) is 24.7. The van der Waals surface area contributed by atoms with Crippen LogP contribution < -0.4 is 20.5 Å². The van der Waals surface area contributed by atoms with Crippen molar-refractivity contribution in [2.75, 3.05) is 24.5 Å². The highest BCUT2D eigenvalue weighted by Crippen LogP contribution is 2.27. The molecule has 4 aromatic rings. The van der Waals surface area contributed by atoms with Gasteiger partial charge in [0, 0.05) is 56.2 Å². The number of nitrogens with zero attached hydrogens (tertiary/aromatic N) is 6. The van der Waals surface area contributed by atoms with E-state index in [2.05, 4.69) is 15.3 Å². The van der Waals surface area contributed by atoms with Crippen molar-refractivity contribution in [3.05, 3.63) is 70.3 Å². The first-order chi connectivity index (χ1) is 20.9. The Morgan fingerprint density at radius 3 is 2.50 bits per heavy atom. The summed E-state index contributed by atoms with van der Waals surface area (Å²) in [5.74, 6) is 0.255. The van der Waals surface area contributed by atoms with Crippen LogP contribution in [0.3, 0.4) is 0 Å². The summed E-state index contributed by atoms with van der Waals surface area (Å²) in [6, 6.07) is 9.30. The van der Waals surface area contributed by atoms with E-state index < -0.39 is 18.7 Å². The van der Waals surface area contributed by atoms with E-state index in [-0.39, 0.29) is 29.8 Å². The smallest absolute Gasteiger partial charge is 0.405 e. The van der Waals surface area contributed by atoms with Crippen molar-refractivity contribution in [2.45, 2.75) is 46.0 Å². The summed E-state index contributed by atoms with van der Waals surface area (Å²) in [5, 5.41) is 11.6. The molecule has 232 valence electrons. The van der Waals surface area contributed by atoms with Gasteiger partial charge in [-0.3, -0.25) is 19.0 Å². The first kappa shape index (κ1) is 30.4. The fourth-order valence-corrected chi connectivity index (χ4v) is 5.54. The molecule has 44 heavy (non-hydrogen) atoms. The van der Waals surface area contributed by atoms with Gasteiger partial charge in [-0.15, -0.1) is 0 Å². The lowest BCUT2D eigenvalue weighted by atomic mass is 10.1. The minimum atomic E-state index is -2.98. The molecule has 0 spiro atoms. The lowest BCUT2D eigenvalue weighted by Crippen LogP contribution is -2.58. The summed E-state index contributed by atoms with van der Waals surface area (Å²) in [6.45, 7) is 3.77. The van der Waals surface area contributed by atoms with Gasteiger partial charge < -0.3 is 25.0 Å². The molecule has 3 heterocycles. The number of carbonyl (C=O) groups excluding carboxylic acids is 1. The van der Waals surface area contributed by atoms with E-state index in [1.807, 2.05) is 30.9 Å². The maximum atomic E-state index is 13.1. The average Bonchev–Trinajstić information content (AvgIpc) is 3.21. The Bertz CT molecular complexity index is 1760. The third-order valence-electron chi connectivity index (χ3n) is 7.79. The number of aromatic nitrogens is 4. The number of carbonyl (C=O) groups is 2. The van der Waals surface area contributed by atoms with Gasteiger partial charge in [0.15, 0.2) is 0 Å². The van der Waals surface area contributed by atoms with Crippen molar-refractivity contribution in [1.29, 1.82) is 0 Å². The number of alkyl halides is 2. The minimum absolute atomic E-state index is 0.0472. The summed E-state index contributed by atoms with van der Waals surface area (Å²) in [4.78, 5) is 49.4. The molecule has 1 saturated heterocycles. The number of hydrogen-bond acceptors (Lipinski definition) is 7. The minimum Gasteiger partial charge on any atom is -0.465 e. The Morgan fingerprint density at radius 1 is 1.11 bits per heavy atom. The summed E-state index contributed by atoms with van der Waals surface area (Å²) in [6.07, 6.45) is 2.12. The molecule has 0 saturated carbocycles. The Morgan fingerprint density at radius 2 is 1.84 bits per heavy atom. The van der Waals surface area contributed by atoms with E-state index in [1.54, 1.807) is 47.2 Å². The third kappa shape index (κ3) is 6.19. The number of ether oxygens (including phenoxy) is 1. The second kappa shape index (κ2) is 12.3. The number of fused-ring (bicyclic) bond motifs is 1. The highest BCUT2D eigenvalue weighted by Gasteiger charge is 2.31. The number of aryl methyl sites for hydroxylation is 1. The van der Waals surface area contributed by atoms with E-state index in [9.17, 15) is 23.2 Å². The van der Waals surface area contributed by atoms with E-state index in [1.165, 1.54) is 17.7 Å². The van der Waals surface area contributed by atoms with Gasteiger partial charge in [0.2, 0.25) is 11.9 Å². The molecule has 14 heteroatoms. The monoisotopic (exact) mass is 609 g/mol. The van der Waals surface area contributed by atoms with Crippen LogP contribution in [0.15, 0.2) is 53.6 Å². The number of rotatable bonds is 8. The Hall–Kier alpha value is -5.01. The molecule has 5 rings (SSSR count). The van der Waals surface area contributed by atoms with Crippen LogP contribution in [0.5, 0.6) is 5.75 Å². The molecule has 2 N–H and O–H groups in total. The van der Waals surface area contributed by atoms with Gasteiger partial charge in [-0.05, 0) is 44.5 Å². The van der Waals surface area contributed by atoms with Crippen LogP contribution in [0, 0.1) is 6.92 Å². The predicted octanol–water partition coefficient (Wildman–Crippen LogP) is 3.45. The van der Waals surface area contributed by atoms with E-state index in [0.717, 1.165) is 11.1 Å². The highest BCUT2D eigenvalue weighted by atomic mass is 19.3. The fraction of sp³-hybridized carbons (Fsp3) is 0.367. The zero-order valence-electron chi connectivity index (χ0n) is 24.7. The summed E-state index contributed by atoms with van der Waals surface area (Å²) in [5.41, 5.74) is 3.26. The van der Waals surface area contributed by atoms with Gasteiger partial charge in [-0.25, -0.2) is 14.8 Å². The predicted molar refractivity (Wildman–Crippen MR) is 159 cm³/mol. The number of amides is 2. The molecule has 1 aliphatic heterocycles. The van der Waals surface area contributed by atoms with Crippen molar-refractivity contribution in [1.82, 2.24) is 29.5 Å². The maximum absolute atomic E-state index is 13.1. The second-order valence-electron chi connectivity index (χ2n) is 10.9. The van der Waals surface area contributed by atoms with Crippen LogP contribution in [-0.2, 0) is 18.4 Å². The Labute approximate surface area is 251 Å². The van der Waals surface area contributed by atoms with Crippen molar-refractivity contribution < 1.29 is 28.2 Å². The van der Waals surface area contributed by atoms with E-state index in [4.69, 9.17) is 9.84 Å². The van der Waals surface area contributed by atoms with Gasteiger partial charge in [0.05, 0.1) is 17.4 Å². The number of carboxylic acid groups (broad SMARTS) is 1. The van der Waals surface area contributed by atoms with Gasteiger partial charge in [0.1, 0.15) is 11.8 Å². The second-order valence-corrected chi connectivity index (χ2v) is 10.9. The molecule has 2 aromatic heterocycles. The van der Waals surface area contributed by atoms with Crippen molar-refractivity contribution in [2.24, 2.45) is 7.05 Å². The lowest BCUT2D eigenvalue weighted by Gasteiger charge is -2.40. The number of piperazine rings is 1. The van der Waals surface area contributed by atoms with Gasteiger partial charge >= 0.3 is 12.7 Å². The van der Waals surface area contributed by atoms with Crippen LogP contribution in [0.2, 0.25) is 0 Å². The van der Waals surface area contributed by atoms with Crippen molar-refractivity contribution >= 4 is 28.9 Å². The molecule has 0 aliphatic carbocycles. The fourth-order valence-electron chi connectivity index (χ4n) is 5.54. The van der Waals surface area contributed by atoms with Crippen molar-refractivity contribution in [3.63, 3.8) is 0 Å². The first-order valence-electron chi connectivity index (χ1n) is 14.0. The normalized spacial score (nSPS) is 15.9. The largest absolute Gasteiger partial charge is 0.465 e. The molecule has 1 unspecified atom stereocenters. The standard InChI is InChI=1S/C30H33F2N7O5/c1-17-5-8-25(44-28(31)32)21(11-17)16-39-24-12-20(6-7-23(24)27(41)36(39)4)22-13-33-29(34-14-22)37-9-10-38(18(2)15-37)26(40)19(3)35-30(42)43/h5-8,11-14,18-19,28,35H,9-10,15-16H2,1-4H3,(H,42,43)/t18-,19?/m0/s1. The molecule has 0 radical (unpaired) electrons. The van der Waals surface area contributed by atoms with Gasteiger partial charge in [0.25, 0.3) is 5.56 Å². The number of nitrogens with one attached hydrogen (secondary N) is 1. The lowest BCUT2D eigenvalue weighted by molar-refractivity contribution is -0.135. The summed E-state index contributed by atoms with van der Waals surface area (Å²) >= 11 is 0. The van der Waals surface area contributed by atoms with Gasteiger partial charge in [-0.2, -0.15) is 8.78 Å². The Balaban J connectivity index is 1.37. The molecule has 2 atom stereocenters. The Kier molecular flexibility index (Phi) is 8.52. The van der Waals surface area contributed by atoms with Crippen LogP contribution >= 0.6 is 0 Å². The zero-order chi connectivity index (χ0) is 31.7. The quantitative estimate of drug-likeness (QED) is 0.310. The van der Waals surface area contributed by atoms with Crippen LogP contribution in [-0.4, -0.2) is 79.7 Å². The van der Waals surface area contributed by atoms with Crippen LogP contribution in [0.25, 0.3) is 22.0 Å². The molecule has 1 aliphatic rings. The molecule has 1 fully saturated rings. The molecule has 2 aromatic carbocycles. The molecule has 12 nitrogen and oxygen atoms in total. The average molecular weight is 610 g/mol. The number of halogens is 2. The number of benzene rings is 2. The van der Waals surface area contributed by atoms with Gasteiger partial charge in [-0.1, -0.05) is 23.8 Å². The van der Waals surface area contributed by atoms with Crippen LogP contribution in [0.1, 0.15) is 25.0 Å². The van der Waals surface area contributed by atoms with E-state index >= 15 is 0 Å². The maximum Gasteiger partial charge on any atom is 0.405 e. The van der Waals surface area contributed by atoms with Crippen LogP contribution in [0.4, 0.5) is 19.5 Å². The van der Waals surface area contributed by atoms with Crippen molar-refractivity contribution in [3.8, 4) is 16.9 Å².